The van der Waals surface area contributed by atoms with Crippen molar-refractivity contribution in [2.24, 2.45) is 4.99 Å². The molecule has 0 unspecified atom stereocenters. The van der Waals surface area contributed by atoms with Crippen LogP contribution in [0.2, 0.25) is 0 Å². The minimum atomic E-state index is 1.17. The second-order valence-electron chi connectivity index (χ2n) is 5.26. The Morgan fingerprint density at radius 3 is 1.12 bits per heavy atom. The summed E-state index contributed by atoms with van der Waals surface area (Å²) in [6.07, 6.45) is 1.75. The predicted molar refractivity (Wildman–Crippen MR) is 119 cm³/mol. The Kier molecular flexibility index (Phi) is 123. The van der Waals surface area contributed by atoms with Crippen molar-refractivity contribution in [1.29, 1.82) is 0 Å². The van der Waals surface area contributed by atoms with Crippen LogP contribution in [0.15, 0.2) is 29.8 Å². The molecule has 0 aromatic carbocycles. The van der Waals surface area contributed by atoms with Crippen LogP contribution >= 0.6 is 0 Å². The molecule has 0 saturated carbocycles. The Hall–Kier alpha value is -1.30. The third-order valence-electron chi connectivity index (χ3n) is 0. The van der Waals surface area contributed by atoms with Gasteiger partial charge in [0, 0.05) is 21.3 Å². The lowest BCUT2D eigenvalue weighted by molar-refractivity contribution is -0.454. The maximum absolute atomic E-state index is 4.25. The van der Waals surface area contributed by atoms with E-state index in [9.17, 15) is 0 Å². The zero-order valence-electron chi connectivity index (χ0n) is 19.2. The summed E-state index contributed by atoms with van der Waals surface area (Å²) >= 11 is 0. The topological polar surface area (TPSA) is 39.9 Å². The van der Waals surface area contributed by atoms with E-state index in [0.29, 0.717) is 0 Å². The van der Waals surface area contributed by atoms with Crippen LogP contribution in [0.4, 0.5) is 0 Å². The first kappa shape index (κ1) is 43.4. The summed E-state index contributed by atoms with van der Waals surface area (Å²) in [6, 6.07) is 0. The lowest BCUT2D eigenvalue weighted by Crippen LogP contribution is -1.99. The van der Waals surface area contributed by atoms with Gasteiger partial charge in [0.1, 0.15) is 20.8 Å². The number of nitrogens with zero attached hydrogens (tertiary/aromatic N) is 3. The summed E-state index contributed by atoms with van der Waals surface area (Å²) in [5, 5.41) is 2.75. The molecule has 5 nitrogen and oxygen atoms in total. The van der Waals surface area contributed by atoms with E-state index in [2.05, 4.69) is 41.6 Å². The molecule has 1 N–H and O–H groups in total. The van der Waals surface area contributed by atoms with Crippen LogP contribution in [0.25, 0.3) is 0 Å². The van der Waals surface area contributed by atoms with E-state index in [1.54, 1.807) is 31.9 Å². The molecule has 0 spiro atoms. The summed E-state index contributed by atoms with van der Waals surface area (Å²) in [5.74, 6) is 0. The summed E-state index contributed by atoms with van der Waals surface area (Å²) in [7, 11) is 18.4. The zero-order valence-corrected chi connectivity index (χ0v) is 19.2. The maximum Gasteiger partial charge on any atom is 0.131 e. The van der Waals surface area contributed by atoms with E-state index in [0.717, 1.165) is 0 Å². The number of hydrogen-bond donors (Lipinski definition) is 1. The highest BCUT2D eigenvalue weighted by Gasteiger charge is 1.58. The summed E-state index contributed by atoms with van der Waals surface area (Å²) in [6.45, 7) is 19.3. The average molecular weight is 350 g/mol. The zero-order chi connectivity index (χ0) is 21.6. The number of methoxy groups -OCH3 is 1. The Morgan fingerprint density at radius 1 is 1.12 bits per heavy atom. The van der Waals surface area contributed by atoms with Crippen LogP contribution in [0.1, 0.15) is 20.8 Å². The largest absolute Gasteiger partial charge is 0.388 e. The normalized spacial score (nSPS) is 6.25. The van der Waals surface area contributed by atoms with E-state index >= 15 is 0 Å². The van der Waals surface area contributed by atoms with Gasteiger partial charge >= 0.3 is 0 Å². The van der Waals surface area contributed by atoms with Gasteiger partial charge in [-0.05, 0) is 62.7 Å². The summed E-state index contributed by atoms with van der Waals surface area (Å²) in [4.78, 5) is 5.25. The van der Waals surface area contributed by atoms with Crippen molar-refractivity contribution in [1.82, 2.24) is 10.2 Å². The van der Waals surface area contributed by atoms with E-state index in [1.807, 2.05) is 75.0 Å². The Morgan fingerprint density at radius 2 is 1.12 bits per heavy atom. The third-order valence-corrected chi connectivity index (χ3v) is 0. The molecule has 0 aliphatic rings. The molecule has 0 bridgehead atoms. The van der Waals surface area contributed by atoms with Crippen molar-refractivity contribution >= 4 is 13.4 Å². The van der Waals surface area contributed by atoms with Crippen LogP contribution in [0.5, 0.6) is 0 Å². The Balaban J connectivity index is -0.0000000283. The quantitative estimate of drug-likeness (QED) is 0.414. The van der Waals surface area contributed by atoms with Gasteiger partial charge in [0.05, 0.1) is 0 Å². The van der Waals surface area contributed by atoms with Gasteiger partial charge in [-0.25, -0.2) is 4.58 Å². The maximum atomic E-state index is 4.25. The number of ether oxygens (including phenoxy) is 1. The molecule has 0 atom stereocenters. The Bertz CT molecular complexity index is 185. The first-order valence-corrected chi connectivity index (χ1v) is 7.47. The van der Waals surface area contributed by atoms with E-state index in [1.165, 1.54) is 5.57 Å². The molecule has 0 heterocycles. The molecule has 0 rings (SSSR count). The van der Waals surface area contributed by atoms with Gasteiger partial charge in [0.15, 0.2) is 0 Å². The van der Waals surface area contributed by atoms with Gasteiger partial charge in [-0.2, -0.15) is 0 Å². The number of hydrogen-bond acceptors (Lipinski definition) is 4. The van der Waals surface area contributed by atoms with E-state index < -0.39 is 0 Å². The van der Waals surface area contributed by atoms with Gasteiger partial charge < -0.3 is 19.9 Å². The lowest BCUT2D eigenvalue weighted by Gasteiger charge is -1.90. The van der Waals surface area contributed by atoms with E-state index in [4.69, 9.17) is 0 Å². The van der Waals surface area contributed by atoms with E-state index in [-0.39, 0.29) is 0 Å². The highest BCUT2D eigenvalue weighted by molar-refractivity contribution is 5.22. The number of nitrogens with one attached hydrogen (secondary N) is 1. The van der Waals surface area contributed by atoms with Crippen molar-refractivity contribution in [3.8, 4) is 0 Å². The van der Waals surface area contributed by atoms with Crippen LogP contribution in [-0.4, -0.2) is 93.5 Å². The van der Waals surface area contributed by atoms with Gasteiger partial charge in [0.2, 0.25) is 0 Å². The van der Waals surface area contributed by atoms with Crippen LogP contribution < -0.4 is 5.32 Å². The first-order valence-electron chi connectivity index (χ1n) is 7.47. The molecule has 0 fully saturated rings. The lowest BCUT2D eigenvalue weighted by atomic mass is 10.4. The standard InChI is InChI=1S/C4H8.C3H9N.C3H8N.C3H6.C2H7N.C2H5N.C2H6O/c3*1-4(2)3;4*1-3-2/h1H2,2-3H3;1-3H3;1H2,2-3H3;3H,1H2,2H3;3H,1-2H3;1H2,2H3;1-2H3/q;;+1;;;;. The van der Waals surface area contributed by atoms with Crippen molar-refractivity contribution in [2.75, 3.05) is 70.6 Å². The molecule has 0 aliphatic carbocycles. The van der Waals surface area contributed by atoms with Crippen molar-refractivity contribution in [3.05, 3.63) is 24.8 Å². The number of allylic oxidation sites excluding steroid dienone is 2. The fourth-order valence-electron chi connectivity index (χ4n) is 0. The number of rotatable bonds is 0. The highest BCUT2D eigenvalue weighted by Crippen LogP contribution is 1.73. The molecule has 5 heteroatoms. The third kappa shape index (κ3) is 4750. The van der Waals surface area contributed by atoms with Crippen LogP contribution in [0.3, 0.4) is 0 Å². The predicted octanol–water partition coefficient (Wildman–Crippen LogP) is 3.33. The molecule has 0 aliphatic heterocycles. The molecular weight excluding hydrogens is 300 g/mol. The smallest absolute Gasteiger partial charge is 0.131 e. The van der Waals surface area contributed by atoms with Crippen molar-refractivity contribution in [3.63, 3.8) is 0 Å². The molecule has 0 aromatic heterocycles. The van der Waals surface area contributed by atoms with Gasteiger partial charge in [-0.15, -0.1) is 13.2 Å². The first-order chi connectivity index (χ1) is 10.9. The fraction of sp³-hybridized carbons (Fsp3) is 0.684. The molecule has 24 heavy (non-hydrogen) atoms. The average Bonchev–Trinajstić information content (AvgIpc) is 2.29. The number of aliphatic imine (C=N–C) groups is 1. The highest BCUT2D eigenvalue weighted by atomic mass is 16.4. The minimum Gasteiger partial charge on any atom is -0.388 e. The van der Waals surface area contributed by atoms with Gasteiger partial charge in [0.25, 0.3) is 0 Å². The SMILES string of the molecule is C=C(C)C.C=CC.C=NC.C=[N+](C)C.CN(C)C.CNC.COC. The summed E-state index contributed by atoms with van der Waals surface area (Å²) < 4.78 is 6.00. The van der Waals surface area contributed by atoms with Crippen LogP contribution in [-0.2, 0) is 4.74 Å². The second kappa shape index (κ2) is 67.9. The van der Waals surface area contributed by atoms with Crippen molar-refractivity contribution in [2.45, 2.75) is 20.8 Å². The van der Waals surface area contributed by atoms with Crippen molar-refractivity contribution < 1.29 is 9.31 Å². The molecular formula is C19H49N4O+. The fourth-order valence-corrected chi connectivity index (χ4v) is 0. The van der Waals surface area contributed by atoms with Crippen LogP contribution in [0, 0.1) is 0 Å². The minimum absolute atomic E-state index is 1.17. The Labute approximate surface area is 154 Å². The molecule has 0 saturated heterocycles. The van der Waals surface area contributed by atoms with Gasteiger partial charge in [-0.3, -0.25) is 0 Å². The molecule has 0 radical (unpaired) electrons. The monoisotopic (exact) mass is 349 g/mol. The molecule has 0 aromatic rings. The molecule has 0 amide bonds. The summed E-state index contributed by atoms with van der Waals surface area (Å²) in [5.41, 5.74) is 1.17. The molecule has 150 valence electrons. The van der Waals surface area contributed by atoms with Gasteiger partial charge in [-0.1, -0.05) is 11.6 Å². The second-order valence-corrected chi connectivity index (χ2v) is 5.26.